The minimum atomic E-state index is -1.80. The van der Waals surface area contributed by atoms with Crippen molar-refractivity contribution in [3.8, 4) is 0 Å². The van der Waals surface area contributed by atoms with Gasteiger partial charge in [0.05, 0.1) is 42.0 Å². The number of nitrogens with one attached hydrogen (secondary N) is 2. The van der Waals surface area contributed by atoms with E-state index in [-0.39, 0.29) is 44.5 Å². The molecule has 3 heterocycles. The summed E-state index contributed by atoms with van der Waals surface area (Å²) >= 11 is 0. The summed E-state index contributed by atoms with van der Waals surface area (Å²) in [6.07, 6.45) is -6.21. The van der Waals surface area contributed by atoms with Crippen molar-refractivity contribution >= 4 is 5.97 Å². The van der Waals surface area contributed by atoms with Gasteiger partial charge in [-0.05, 0) is 86.6 Å². The molecule has 15 heteroatoms. The number of hydrogen-bond donors (Lipinski definition) is 8. The number of unbranched alkanes of at least 4 members (excludes halogenated alkanes) is 1. The number of carbonyl (C=O) groups is 1. The van der Waals surface area contributed by atoms with Crippen molar-refractivity contribution in [1.29, 1.82) is 0 Å². The molecule has 3 saturated heterocycles. The molecule has 55 heavy (non-hydrogen) atoms. The van der Waals surface area contributed by atoms with E-state index < -0.39 is 101 Å². The summed E-state index contributed by atoms with van der Waals surface area (Å²) in [5.41, 5.74) is 0.303. The molecule has 0 spiro atoms. The number of methoxy groups -OCH3 is 1. The Morgan fingerprint density at radius 1 is 0.982 bits per heavy atom. The third-order valence-electron chi connectivity index (χ3n) is 12.7. The highest BCUT2D eigenvalue weighted by Crippen LogP contribution is 2.43. The van der Waals surface area contributed by atoms with Crippen LogP contribution in [0, 0.1) is 17.8 Å². The van der Waals surface area contributed by atoms with Crippen molar-refractivity contribution in [1.82, 2.24) is 10.6 Å². The predicted octanol–water partition coefficient (Wildman–Crippen LogP) is 1.72. The lowest BCUT2D eigenvalue weighted by Crippen LogP contribution is -2.70. The average molecular weight is 792 g/mol. The van der Waals surface area contributed by atoms with E-state index in [2.05, 4.69) is 17.6 Å². The fraction of sp³-hybridized carbons (Fsp3) is 0.975. The molecule has 0 amide bonds. The number of carbonyl (C=O) groups excluding carboxylic acids is 1. The lowest BCUT2D eigenvalue weighted by Gasteiger charge is -2.53. The SMILES string of the molecule is CCCCNC[C@]1(O)[C@H](C)OC(O[C@@H]2[C@@H](C)[C@@H](O[C@@H]3O[C@H](C)C[C@H](N)[C@H]3O)[C@](C)(O)C[C@@H](C)NC[C@@H](C)[C@H](O)[C@](C)(O)[C@H](CC)OC(=O)[C@@H]2C)C[C@@]1(C)OC. The first kappa shape index (κ1) is 48.3. The van der Waals surface area contributed by atoms with Crippen molar-refractivity contribution in [3.63, 3.8) is 0 Å². The van der Waals surface area contributed by atoms with Crippen LogP contribution in [0.2, 0.25) is 0 Å². The minimum absolute atomic E-state index is 0.0842. The second kappa shape index (κ2) is 19.8. The maximum absolute atomic E-state index is 14.3. The molecule has 3 aliphatic rings. The smallest absolute Gasteiger partial charge is 0.311 e. The van der Waals surface area contributed by atoms with E-state index in [0.29, 0.717) is 13.0 Å². The van der Waals surface area contributed by atoms with E-state index >= 15 is 0 Å². The topological polar surface area (TPSA) is 224 Å². The van der Waals surface area contributed by atoms with Crippen LogP contribution in [-0.2, 0) is 33.2 Å². The fourth-order valence-electron chi connectivity index (χ4n) is 8.86. The minimum Gasteiger partial charge on any atom is -0.459 e. The van der Waals surface area contributed by atoms with Crippen LogP contribution < -0.4 is 16.4 Å². The van der Waals surface area contributed by atoms with Gasteiger partial charge in [-0.15, -0.1) is 0 Å². The average Bonchev–Trinajstić information content (AvgIpc) is 3.11. The summed E-state index contributed by atoms with van der Waals surface area (Å²) in [6, 6.07) is -0.954. The zero-order chi connectivity index (χ0) is 41.7. The van der Waals surface area contributed by atoms with Crippen molar-refractivity contribution in [2.75, 3.05) is 26.7 Å². The number of aliphatic hydroxyl groups excluding tert-OH is 2. The first-order valence-electron chi connectivity index (χ1n) is 20.6. The first-order chi connectivity index (χ1) is 25.5. The summed E-state index contributed by atoms with van der Waals surface area (Å²) in [4.78, 5) is 14.3. The van der Waals surface area contributed by atoms with Crippen LogP contribution in [0.3, 0.4) is 0 Å². The monoisotopic (exact) mass is 792 g/mol. The molecule has 9 N–H and O–H groups in total. The van der Waals surface area contributed by atoms with Gasteiger partial charge in [0, 0.05) is 44.6 Å². The lowest BCUT2D eigenvalue weighted by atomic mass is 9.75. The maximum Gasteiger partial charge on any atom is 0.311 e. The molecule has 0 aromatic carbocycles. The Kier molecular flexibility index (Phi) is 17.4. The molecule has 0 bridgehead atoms. The van der Waals surface area contributed by atoms with Crippen LogP contribution in [0.1, 0.15) is 115 Å². The van der Waals surface area contributed by atoms with E-state index in [4.69, 9.17) is 34.2 Å². The highest BCUT2D eigenvalue weighted by molar-refractivity contribution is 5.73. The van der Waals surface area contributed by atoms with E-state index in [1.807, 2.05) is 13.8 Å². The lowest BCUT2D eigenvalue weighted by molar-refractivity contribution is -0.335. The molecular formula is C40H77N3O12. The second-order valence-electron chi connectivity index (χ2n) is 17.7. The van der Waals surface area contributed by atoms with Crippen LogP contribution in [0.25, 0.3) is 0 Å². The number of esters is 1. The molecule has 0 aromatic heterocycles. The summed E-state index contributed by atoms with van der Waals surface area (Å²) in [5, 5.41) is 65.3. The van der Waals surface area contributed by atoms with Gasteiger partial charge in [-0.1, -0.05) is 34.1 Å². The highest BCUT2D eigenvalue weighted by Gasteiger charge is 2.58. The molecule has 0 aliphatic carbocycles. The molecule has 3 aliphatic heterocycles. The molecule has 0 aromatic rings. The largest absolute Gasteiger partial charge is 0.459 e. The molecule has 324 valence electrons. The summed E-state index contributed by atoms with van der Waals surface area (Å²) in [6.45, 7) is 20.7. The summed E-state index contributed by atoms with van der Waals surface area (Å²) < 4.78 is 37.9. The van der Waals surface area contributed by atoms with E-state index in [0.717, 1.165) is 12.8 Å². The highest BCUT2D eigenvalue weighted by atomic mass is 16.7. The third kappa shape index (κ3) is 11.2. The number of hydrogen-bond acceptors (Lipinski definition) is 15. The van der Waals surface area contributed by atoms with Crippen molar-refractivity contribution in [3.05, 3.63) is 0 Å². The zero-order valence-electron chi connectivity index (χ0n) is 35.6. The van der Waals surface area contributed by atoms with Crippen molar-refractivity contribution < 1.29 is 58.7 Å². The predicted molar refractivity (Wildman–Crippen MR) is 207 cm³/mol. The van der Waals surface area contributed by atoms with E-state index in [1.165, 1.54) is 14.0 Å². The first-order valence-corrected chi connectivity index (χ1v) is 20.6. The van der Waals surface area contributed by atoms with Gasteiger partial charge >= 0.3 is 5.97 Å². The standard InChI is InChI=1S/C40H77N3O12/c1-13-15-16-42-21-40(49)27(8)52-30(19-38(40,10)50-12)54-32-25(6)34(55-36-31(44)28(41)17-24(5)51-36)37(9,47)18-23(4)43-20-22(3)33(45)39(11,48)29(14-2)53-35(46)26(32)7/h22-34,36,42-45,47-49H,13-21,41H2,1-12H3/t22-,23-,24-,25-,26-,27+,28+,29+,30?,31-,32-,33+,34-,36+,37-,38-,39-,40+/m1/s1. The van der Waals surface area contributed by atoms with Gasteiger partial charge in [0.25, 0.3) is 0 Å². The number of rotatable bonds is 11. The Labute approximate surface area is 329 Å². The summed E-state index contributed by atoms with van der Waals surface area (Å²) in [7, 11) is 1.53. The van der Waals surface area contributed by atoms with Crippen LogP contribution >= 0.6 is 0 Å². The van der Waals surface area contributed by atoms with Gasteiger partial charge in [0.2, 0.25) is 0 Å². The van der Waals surface area contributed by atoms with Crippen LogP contribution in [0.5, 0.6) is 0 Å². The second-order valence-corrected chi connectivity index (χ2v) is 17.7. The molecule has 15 nitrogen and oxygen atoms in total. The van der Waals surface area contributed by atoms with Gasteiger partial charge in [0.1, 0.15) is 29.0 Å². The Morgan fingerprint density at radius 2 is 1.64 bits per heavy atom. The summed E-state index contributed by atoms with van der Waals surface area (Å²) in [5.74, 6) is -3.01. The van der Waals surface area contributed by atoms with Gasteiger partial charge in [-0.2, -0.15) is 0 Å². The number of aliphatic hydroxyl groups is 5. The van der Waals surface area contributed by atoms with Gasteiger partial charge < -0.3 is 70.3 Å². The van der Waals surface area contributed by atoms with Gasteiger partial charge in [-0.3, -0.25) is 4.79 Å². The van der Waals surface area contributed by atoms with Gasteiger partial charge in [0.15, 0.2) is 12.6 Å². The Hall–Kier alpha value is -1.05. The quantitative estimate of drug-likeness (QED) is 0.110. The number of ether oxygens (including phenoxy) is 6. The normalized spacial score (nSPS) is 48.4. The van der Waals surface area contributed by atoms with Crippen molar-refractivity contribution in [2.24, 2.45) is 23.5 Å². The zero-order valence-corrected chi connectivity index (χ0v) is 35.6. The van der Waals surface area contributed by atoms with E-state index in [1.54, 1.807) is 48.5 Å². The number of nitrogens with two attached hydrogens (primary N) is 1. The number of cyclic esters (lactones) is 1. The van der Waals surface area contributed by atoms with Gasteiger partial charge in [-0.25, -0.2) is 0 Å². The fourth-order valence-corrected chi connectivity index (χ4v) is 8.86. The molecule has 3 rings (SSSR count). The Morgan fingerprint density at radius 3 is 2.24 bits per heavy atom. The maximum atomic E-state index is 14.3. The molecule has 3 fully saturated rings. The molecule has 18 atom stereocenters. The molecule has 0 radical (unpaired) electrons. The van der Waals surface area contributed by atoms with E-state index in [9.17, 15) is 30.3 Å². The van der Waals surface area contributed by atoms with Crippen LogP contribution in [0.15, 0.2) is 0 Å². The molecule has 1 unspecified atom stereocenters. The Balaban J connectivity index is 2.12. The van der Waals surface area contributed by atoms with Crippen LogP contribution in [0.4, 0.5) is 0 Å². The van der Waals surface area contributed by atoms with Crippen molar-refractivity contribution in [2.45, 2.75) is 204 Å². The van der Waals surface area contributed by atoms with Crippen LogP contribution in [-0.4, -0.2) is 148 Å². The molecular weight excluding hydrogens is 714 g/mol. The molecule has 0 saturated carbocycles. The third-order valence-corrected chi connectivity index (χ3v) is 12.7. The Bertz CT molecular complexity index is 1200.